The highest BCUT2D eigenvalue weighted by molar-refractivity contribution is 5.36. The lowest BCUT2D eigenvalue weighted by molar-refractivity contribution is -0.385. The van der Waals surface area contributed by atoms with E-state index in [9.17, 15) is 10.1 Å². The number of nitrogens with one attached hydrogen (secondary N) is 1. The van der Waals surface area contributed by atoms with E-state index in [0.717, 1.165) is 31.6 Å². The Labute approximate surface area is 126 Å². The molecule has 1 aromatic carbocycles. The molecule has 1 aliphatic rings. The third-order valence-electron chi connectivity index (χ3n) is 4.26. The highest BCUT2D eigenvalue weighted by atomic mass is 16.6. The average molecular weight is 291 g/mol. The molecule has 5 nitrogen and oxygen atoms in total. The van der Waals surface area contributed by atoms with Crippen molar-refractivity contribution in [3.05, 3.63) is 39.9 Å². The Kier molecular flexibility index (Phi) is 5.70. The van der Waals surface area contributed by atoms with E-state index in [4.69, 9.17) is 0 Å². The molecule has 0 spiro atoms. The molecular weight excluding hydrogens is 266 g/mol. The Balaban J connectivity index is 2.18. The molecule has 1 aromatic rings. The van der Waals surface area contributed by atoms with Gasteiger partial charge in [0.05, 0.1) is 4.92 Å². The van der Waals surface area contributed by atoms with Crippen molar-refractivity contribution in [2.24, 2.45) is 5.92 Å². The Hall–Kier alpha value is -1.46. The average Bonchev–Trinajstić information content (AvgIpc) is 2.48. The summed E-state index contributed by atoms with van der Waals surface area (Å²) in [6.45, 7) is 5.23. The van der Waals surface area contributed by atoms with Crippen LogP contribution in [0.5, 0.6) is 0 Å². The molecule has 0 saturated carbocycles. The molecule has 5 heteroatoms. The van der Waals surface area contributed by atoms with Crippen LogP contribution in [0.1, 0.15) is 37.8 Å². The minimum atomic E-state index is -0.309. The maximum absolute atomic E-state index is 11.0. The van der Waals surface area contributed by atoms with E-state index in [2.05, 4.69) is 24.2 Å². The second-order valence-electron chi connectivity index (χ2n) is 5.88. The molecule has 0 bridgehead atoms. The van der Waals surface area contributed by atoms with Crippen molar-refractivity contribution >= 4 is 5.69 Å². The van der Waals surface area contributed by atoms with Gasteiger partial charge in [0, 0.05) is 18.2 Å². The number of piperidine rings is 1. The van der Waals surface area contributed by atoms with Crippen LogP contribution in [0.15, 0.2) is 24.3 Å². The molecule has 0 aliphatic carbocycles. The molecule has 2 unspecified atom stereocenters. The van der Waals surface area contributed by atoms with Gasteiger partial charge in [-0.05, 0) is 57.4 Å². The van der Waals surface area contributed by atoms with Crippen molar-refractivity contribution in [2.75, 3.05) is 26.7 Å². The summed E-state index contributed by atoms with van der Waals surface area (Å²) < 4.78 is 0. The molecule has 0 aromatic heterocycles. The van der Waals surface area contributed by atoms with Crippen molar-refractivity contribution in [3.8, 4) is 0 Å². The summed E-state index contributed by atoms with van der Waals surface area (Å²) in [7, 11) is 2.12. The van der Waals surface area contributed by atoms with E-state index in [1.807, 2.05) is 6.07 Å². The number of nitro groups is 1. The molecule has 21 heavy (non-hydrogen) atoms. The fraction of sp³-hybridized carbons (Fsp3) is 0.625. The lowest BCUT2D eigenvalue weighted by atomic mass is 9.84. The predicted molar refractivity (Wildman–Crippen MR) is 84.4 cm³/mol. The monoisotopic (exact) mass is 291 g/mol. The van der Waals surface area contributed by atoms with Crippen LogP contribution in [0.2, 0.25) is 0 Å². The van der Waals surface area contributed by atoms with Crippen molar-refractivity contribution in [2.45, 2.75) is 32.2 Å². The maximum atomic E-state index is 11.0. The van der Waals surface area contributed by atoms with Crippen LogP contribution < -0.4 is 5.32 Å². The number of rotatable bonds is 6. The van der Waals surface area contributed by atoms with E-state index in [1.54, 1.807) is 18.2 Å². The van der Waals surface area contributed by atoms with Crippen molar-refractivity contribution in [1.82, 2.24) is 10.2 Å². The first-order valence-electron chi connectivity index (χ1n) is 7.78. The third-order valence-corrected chi connectivity index (χ3v) is 4.26. The number of hydrogen-bond donors (Lipinski definition) is 1. The van der Waals surface area contributed by atoms with Crippen LogP contribution in [0.3, 0.4) is 0 Å². The predicted octanol–water partition coefficient (Wildman–Crippen LogP) is 2.98. The first kappa shape index (κ1) is 15.9. The topological polar surface area (TPSA) is 58.4 Å². The molecule has 116 valence electrons. The van der Waals surface area contributed by atoms with Crippen LogP contribution in [0.25, 0.3) is 0 Å². The second-order valence-corrected chi connectivity index (χ2v) is 5.88. The van der Waals surface area contributed by atoms with Gasteiger partial charge in [-0.1, -0.05) is 19.1 Å². The summed E-state index contributed by atoms with van der Waals surface area (Å²) in [5.74, 6) is 0.511. The summed E-state index contributed by atoms with van der Waals surface area (Å²) in [5.41, 5.74) is 1.25. The fourth-order valence-electron chi connectivity index (χ4n) is 3.29. The smallest absolute Gasteiger partial charge is 0.269 e. The zero-order valence-electron chi connectivity index (χ0n) is 12.9. The molecular formula is C16H25N3O2. The number of hydrogen-bond acceptors (Lipinski definition) is 4. The van der Waals surface area contributed by atoms with Crippen LogP contribution >= 0.6 is 0 Å². The summed E-state index contributed by atoms with van der Waals surface area (Å²) in [4.78, 5) is 13.0. The highest BCUT2D eigenvalue weighted by Crippen LogP contribution is 2.35. The third kappa shape index (κ3) is 4.02. The number of non-ortho nitro benzene ring substituents is 1. The quantitative estimate of drug-likeness (QED) is 0.497. The van der Waals surface area contributed by atoms with Gasteiger partial charge in [0.2, 0.25) is 0 Å². The standard InChI is InChI=1S/C16H25N3O2/c1-3-9-17-12-14-7-5-10-18(2)16(14)13-6-4-8-15(11-13)19(20)21/h4,6,8,11,14,16-17H,3,5,7,9-10,12H2,1-2H3. The summed E-state index contributed by atoms with van der Waals surface area (Å²) >= 11 is 0. The van der Waals surface area contributed by atoms with E-state index < -0.39 is 0 Å². The second kappa shape index (κ2) is 7.52. The van der Waals surface area contributed by atoms with Gasteiger partial charge in [-0.25, -0.2) is 0 Å². The summed E-state index contributed by atoms with van der Waals surface area (Å²) in [6, 6.07) is 7.39. The minimum Gasteiger partial charge on any atom is -0.316 e. The van der Waals surface area contributed by atoms with Crippen molar-refractivity contribution in [1.29, 1.82) is 0 Å². The Morgan fingerprint density at radius 3 is 3.00 bits per heavy atom. The fourth-order valence-corrected chi connectivity index (χ4v) is 3.29. The zero-order valence-corrected chi connectivity index (χ0v) is 12.9. The van der Waals surface area contributed by atoms with Gasteiger partial charge >= 0.3 is 0 Å². The van der Waals surface area contributed by atoms with Gasteiger partial charge in [0.1, 0.15) is 0 Å². The van der Waals surface area contributed by atoms with Gasteiger partial charge in [0.15, 0.2) is 0 Å². The molecule has 1 N–H and O–H groups in total. The maximum Gasteiger partial charge on any atom is 0.269 e. The van der Waals surface area contributed by atoms with E-state index in [1.165, 1.54) is 12.8 Å². The largest absolute Gasteiger partial charge is 0.316 e. The molecule has 2 rings (SSSR count). The SMILES string of the molecule is CCCNCC1CCCN(C)C1c1cccc([N+](=O)[O-])c1. The zero-order chi connectivity index (χ0) is 15.2. The van der Waals surface area contributed by atoms with Crippen LogP contribution in [0, 0.1) is 16.0 Å². The van der Waals surface area contributed by atoms with Gasteiger partial charge in [-0.3, -0.25) is 15.0 Å². The van der Waals surface area contributed by atoms with Gasteiger partial charge < -0.3 is 5.32 Å². The lowest BCUT2D eigenvalue weighted by Gasteiger charge is -2.39. The number of nitro benzene ring substituents is 1. The van der Waals surface area contributed by atoms with Crippen LogP contribution in [-0.2, 0) is 0 Å². The Morgan fingerprint density at radius 2 is 2.29 bits per heavy atom. The number of likely N-dealkylation sites (tertiary alicyclic amines) is 1. The van der Waals surface area contributed by atoms with Crippen molar-refractivity contribution < 1.29 is 4.92 Å². The lowest BCUT2D eigenvalue weighted by Crippen LogP contribution is -2.40. The molecule has 0 radical (unpaired) electrons. The summed E-state index contributed by atoms with van der Waals surface area (Å²) in [6.07, 6.45) is 3.50. The van der Waals surface area contributed by atoms with Gasteiger partial charge in [-0.2, -0.15) is 0 Å². The van der Waals surface area contributed by atoms with Gasteiger partial charge in [-0.15, -0.1) is 0 Å². The Bertz CT molecular complexity index is 478. The Morgan fingerprint density at radius 1 is 1.48 bits per heavy atom. The summed E-state index contributed by atoms with van der Waals surface area (Å²) in [5, 5.41) is 14.5. The highest BCUT2D eigenvalue weighted by Gasteiger charge is 2.30. The molecule has 0 amide bonds. The molecule has 1 aliphatic heterocycles. The number of benzene rings is 1. The van der Waals surface area contributed by atoms with Crippen molar-refractivity contribution in [3.63, 3.8) is 0 Å². The van der Waals surface area contributed by atoms with E-state index in [0.29, 0.717) is 5.92 Å². The van der Waals surface area contributed by atoms with E-state index >= 15 is 0 Å². The first-order chi connectivity index (χ1) is 10.1. The molecule has 1 saturated heterocycles. The van der Waals surface area contributed by atoms with E-state index in [-0.39, 0.29) is 16.7 Å². The minimum absolute atomic E-state index is 0.187. The van der Waals surface area contributed by atoms with Crippen LogP contribution in [-0.4, -0.2) is 36.5 Å². The number of nitrogens with zero attached hydrogens (tertiary/aromatic N) is 2. The molecule has 1 fully saturated rings. The molecule has 2 atom stereocenters. The van der Waals surface area contributed by atoms with Gasteiger partial charge in [0.25, 0.3) is 5.69 Å². The first-order valence-corrected chi connectivity index (χ1v) is 7.78. The molecule has 1 heterocycles. The normalized spacial score (nSPS) is 23.1. The van der Waals surface area contributed by atoms with Crippen LogP contribution in [0.4, 0.5) is 5.69 Å².